The molecule has 3 aromatic rings. The maximum atomic E-state index is 12.8. The Morgan fingerprint density at radius 2 is 1.92 bits per heavy atom. The number of thioether (sulfide) groups is 1. The summed E-state index contributed by atoms with van der Waals surface area (Å²) in [5, 5.41) is 15.5. The molecule has 0 saturated carbocycles. The molecular formula is C27H20N4O4S. The average Bonchev–Trinajstić information content (AvgIpc) is 3.53. The fraction of sp³-hybridized carbons (Fsp3) is 0.111. The molecule has 0 unspecified atom stereocenters. The minimum Gasteiger partial charge on any atom is -0.489 e. The van der Waals surface area contributed by atoms with Gasteiger partial charge >= 0.3 is 0 Å². The third-order valence-electron chi connectivity index (χ3n) is 5.75. The number of carbonyl (C=O) groups is 1. The van der Waals surface area contributed by atoms with Crippen LogP contribution in [-0.4, -0.2) is 33.8 Å². The largest absolute Gasteiger partial charge is 0.489 e. The molecule has 9 heteroatoms. The maximum Gasteiger partial charge on any atom is 0.283 e. The first kappa shape index (κ1) is 22.1. The lowest BCUT2D eigenvalue weighted by atomic mass is 10.1. The number of rotatable bonds is 5. The molecule has 0 aromatic heterocycles. The highest BCUT2D eigenvalue weighted by molar-refractivity contribution is 8.27. The summed E-state index contributed by atoms with van der Waals surface area (Å²) in [6.07, 6.45) is 1.65. The van der Waals surface area contributed by atoms with Crippen molar-refractivity contribution in [2.75, 3.05) is 6.79 Å². The van der Waals surface area contributed by atoms with Crippen molar-refractivity contribution in [3.05, 3.63) is 94.6 Å². The molecule has 0 radical (unpaired) electrons. The van der Waals surface area contributed by atoms with E-state index in [-0.39, 0.29) is 18.2 Å². The van der Waals surface area contributed by atoms with E-state index < -0.39 is 5.91 Å². The topological polar surface area (TPSA) is 96.6 Å². The van der Waals surface area contributed by atoms with Crippen LogP contribution in [0.5, 0.6) is 17.2 Å². The minimum atomic E-state index is -0.472. The van der Waals surface area contributed by atoms with E-state index in [1.165, 1.54) is 22.3 Å². The van der Waals surface area contributed by atoms with E-state index in [1.807, 2.05) is 67.6 Å². The van der Waals surface area contributed by atoms with Gasteiger partial charge in [-0.2, -0.15) is 15.1 Å². The molecule has 0 atom stereocenters. The standard InChI is InChI=1S/C27H20N4O4S/c1-16-3-2-4-18(11-16)14-33-20-8-5-17(6-9-20)12-21-24(28)31-27(29-25(21)32)36-26(30-31)19-7-10-22-23(13-19)35-15-34-22/h2-13,28H,14-15H2,1H3/b21-12+,28-24?. The van der Waals surface area contributed by atoms with E-state index >= 15 is 0 Å². The van der Waals surface area contributed by atoms with Crippen molar-refractivity contribution in [1.82, 2.24) is 5.01 Å². The summed E-state index contributed by atoms with van der Waals surface area (Å²) in [7, 11) is 0. The maximum absolute atomic E-state index is 12.8. The van der Waals surface area contributed by atoms with Crippen molar-refractivity contribution in [2.45, 2.75) is 13.5 Å². The highest BCUT2D eigenvalue weighted by Gasteiger charge is 2.36. The molecule has 3 aliphatic heterocycles. The second-order valence-corrected chi connectivity index (χ2v) is 9.30. The summed E-state index contributed by atoms with van der Waals surface area (Å²) < 4.78 is 16.7. The number of nitrogens with one attached hydrogen (secondary N) is 1. The van der Waals surface area contributed by atoms with Gasteiger partial charge in [0.1, 0.15) is 17.4 Å². The van der Waals surface area contributed by atoms with Gasteiger partial charge in [0.2, 0.25) is 12.0 Å². The lowest BCUT2D eigenvalue weighted by Crippen LogP contribution is -2.35. The fourth-order valence-electron chi connectivity index (χ4n) is 3.93. The SMILES string of the molecule is Cc1cccc(COc2ccc(/C=C3\C(=N)N4N=C(c5ccc6c(c5)OCO6)SC4=NC3=O)cc2)c1. The van der Waals surface area contributed by atoms with Gasteiger partial charge < -0.3 is 14.2 Å². The van der Waals surface area contributed by atoms with E-state index in [9.17, 15) is 4.79 Å². The predicted octanol–water partition coefficient (Wildman–Crippen LogP) is 4.97. The number of aliphatic imine (C=N–C) groups is 1. The zero-order valence-corrected chi connectivity index (χ0v) is 20.0. The molecule has 36 heavy (non-hydrogen) atoms. The summed E-state index contributed by atoms with van der Waals surface area (Å²) >= 11 is 1.24. The molecule has 178 valence electrons. The minimum absolute atomic E-state index is 0.0204. The lowest BCUT2D eigenvalue weighted by Gasteiger charge is -2.20. The van der Waals surface area contributed by atoms with Crippen molar-refractivity contribution >= 4 is 39.8 Å². The van der Waals surface area contributed by atoms with Gasteiger partial charge in [-0.15, -0.1) is 0 Å². The van der Waals surface area contributed by atoms with E-state index in [0.29, 0.717) is 28.3 Å². The molecule has 3 aromatic carbocycles. The molecule has 0 bridgehead atoms. The van der Waals surface area contributed by atoms with Crippen LogP contribution in [0.25, 0.3) is 6.08 Å². The highest BCUT2D eigenvalue weighted by atomic mass is 32.2. The number of amidine groups is 2. The summed E-state index contributed by atoms with van der Waals surface area (Å²) in [6, 6.07) is 21.1. The van der Waals surface area contributed by atoms with Crippen molar-refractivity contribution in [3.63, 3.8) is 0 Å². The quantitative estimate of drug-likeness (QED) is 0.501. The zero-order valence-electron chi connectivity index (χ0n) is 19.2. The molecular weight excluding hydrogens is 476 g/mol. The number of aryl methyl sites for hydroxylation is 1. The van der Waals surface area contributed by atoms with Crippen LogP contribution in [0.1, 0.15) is 22.3 Å². The van der Waals surface area contributed by atoms with Crippen molar-refractivity contribution < 1.29 is 19.0 Å². The summed E-state index contributed by atoms with van der Waals surface area (Å²) in [4.78, 5) is 16.9. The summed E-state index contributed by atoms with van der Waals surface area (Å²) in [6.45, 7) is 2.71. The molecule has 3 aliphatic rings. The van der Waals surface area contributed by atoms with Crippen LogP contribution in [0.2, 0.25) is 0 Å². The Labute approximate surface area is 211 Å². The number of nitrogens with zero attached hydrogens (tertiary/aromatic N) is 3. The van der Waals surface area contributed by atoms with Gasteiger partial charge in [-0.1, -0.05) is 42.0 Å². The van der Waals surface area contributed by atoms with Gasteiger partial charge in [0.05, 0.1) is 5.57 Å². The Morgan fingerprint density at radius 1 is 1.08 bits per heavy atom. The van der Waals surface area contributed by atoms with Crippen LogP contribution in [-0.2, 0) is 11.4 Å². The molecule has 0 fully saturated rings. The number of ether oxygens (including phenoxy) is 3. The zero-order chi connectivity index (χ0) is 24.6. The second kappa shape index (κ2) is 9.01. The normalized spacial score (nSPS) is 17.2. The number of hydrogen-bond acceptors (Lipinski definition) is 7. The van der Waals surface area contributed by atoms with E-state index in [4.69, 9.17) is 19.6 Å². The number of carbonyl (C=O) groups excluding carboxylic acids is 1. The third-order valence-corrected chi connectivity index (χ3v) is 6.71. The first-order valence-corrected chi connectivity index (χ1v) is 12.0. The average molecular weight is 497 g/mol. The summed E-state index contributed by atoms with van der Waals surface area (Å²) in [5.41, 5.74) is 4.01. The van der Waals surface area contributed by atoms with Crippen molar-refractivity contribution in [2.24, 2.45) is 10.1 Å². The van der Waals surface area contributed by atoms with Crippen molar-refractivity contribution in [3.8, 4) is 17.2 Å². The van der Waals surface area contributed by atoms with Crippen LogP contribution in [0.15, 0.2) is 82.4 Å². The van der Waals surface area contributed by atoms with E-state index in [0.717, 1.165) is 22.4 Å². The van der Waals surface area contributed by atoms with Crippen LogP contribution >= 0.6 is 11.8 Å². The second-order valence-electron chi connectivity index (χ2n) is 8.34. The lowest BCUT2D eigenvalue weighted by molar-refractivity contribution is -0.114. The Morgan fingerprint density at radius 3 is 2.75 bits per heavy atom. The monoisotopic (exact) mass is 496 g/mol. The van der Waals surface area contributed by atoms with Crippen LogP contribution < -0.4 is 14.2 Å². The van der Waals surface area contributed by atoms with Gasteiger partial charge in [-0.3, -0.25) is 10.2 Å². The number of benzene rings is 3. The van der Waals surface area contributed by atoms with Gasteiger partial charge in [-0.05, 0) is 66.2 Å². The Hall–Kier alpha value is -4.37. The van der Waals surface area contributed by atoms with E-state index in [1.54, 1.807) is 6.08 Å². The molecule has 1 amide bonds. The molecule has 1 N–H and O–H groups in total. The van der Waals surface area contributed by atoms with Gasteiger partial charge in [-0.25, -0.2) is 0 Å². The molecule has 3 heterocycles. The smallest absolute Gasteiger partial charge is 0.283 e. The first-order chi connectivity index (χ1) is 17.5. The first-order valence-electron chi connectivity index (χ1n) is 11.2. The number of fused-ring (bicyclic) bond motifs is 2. The number of hydrazone groups is 1. The Bertz CT molecular complexity index is 1490. The van der Waals surface area contributed by atoms with Gasteiger partial charge in [0.15, 0.2) is 17.3 Å². The molecule has 8 nitrogen and oxygen atoms in total. The molecule has 0 spiro atoms. The molecule has 0 aliphatic carbocycles. The van der Waals surface area contributed by atoms with Crippen molar-refractivity contribution in [1.29, 1.82) is 5.41 Å². The molecule has 6 rings (SSSR count). The highest BCUT2D eigenvalue weighted by Crippen LogP contribution is 2.36. The van der Waals surface area contributed by atoms with Gasteiger partial charge in [0, 0.05) is 5.56 Å². The summed E-state index contributed by atoms with van der Waals surface area (Å²) in [5.74, 6) is 1.55. The van der Waals surface area contributed by atoms with Gasteiger partial charge in [0.25, 0.3) is 5.91 Å². The Balaban J connectivity index is 1.18. The van der Waals surface area contributed by atoms with Crippen LogP contribution in [0.3, 0.4) is 0 Å². The molecule has 0 saturated heterocycles. The Kier molecular flexibility index (Phi) is 5.54. The number of hydrogen-bond donors (Lipinski definition) is 1. The fourth-order valence-corrected chi connectivity index (χ4v) is 4.82. The predicted molar refractivity (Wildman–Crippen MR) is 139 cm³/mol. The van der Waals surface area contributed by atoms with Crippen LogP contribution in [0, 0.1) is 12.3 Å². The third kappa shape index (κ3) is 4.25. The number of amides is 1. The van der Waals surface area contributed by atoms with E-state index in [2.05, 4.69) is 16.2 Å². The van der Waals surface area contributed by atoms with Crippen LogP contribution in [0.4, 0.5) is 0 Å².